The van der Waals surface area contributed by atoms with E-state index in [2.05, 4.69) is 4.98 Å². The van der Waals surface area contributed by atoms with Crippen molar-refractivity contribution < 1.29 is 33.3 Å². The molecule has 1 heterocycles. The molecule has 0 fully saturated rings. The minimum absolute atomic E-state index is 0. The van der Waals surface area contributed by atoms with Crippen molar-refractivity contribution in [2.24, 2.45) is 7.05 Å². The second-order valence-electron chi connectivity index (χ2n) is 3.10. The number of para-hydroxylation sites is 1. The van der Waals surface area contributed by atoms with Gasteiger partial charge in [-0.25, -0.2) is 4.98 Å². The third kappa shape index (κ3) is 2.37. The first-order valence-corrected chi connectivity index (χ1v) is 4.69. The molecular weight excluding hydrogens is 303 g/mol. The Morgan fingerprint density at radius 2 is 2.20 bits per heavy atom. The Morgan fingerprint density at radius 1 is 1.40 bits per heavy atom. The van der Waals surface area contributed by atoms with Crippen LogP contribution in [0.25, 0.3) is 11.0 Å². The third-order valence-electron chi connectivity index (χ3n) is 2.15. The first-order valence-electron chi connectivity index (χ1n) is 4.69. The van der Waals surface area contributed by atoms with Crippen molar-refractivity contribution in [2.45, 2.75) is 6.92 Å². The average molecular weight is 316 g/mol. The van der Waals surface area contributed by atoms with Gasteiger partial charge in [0.2, 0.25) is 5.52 Å². The van der Waals surface area contributed by atoms with Crippen LogP contribution in [0, 0.1) is 0 Å². The molecule has 0 aliphatic heterocycles. The molecule has 15 heavy (non-hydrogen) atoms. The van der Waals surface area contributed by atoms with Gasteiger partial charge in [-0.15, -0.1) is 0 Å². The molecule has 2 aromatic rings. The Morgan fingerprint density at radius 3 is 2.93 bits per heavy atom. The molecule has 0 aliphatic carbocycles. The number of hydrogen-bond acceptors (Lipinski definition) is 2. The Bertz CT molecular complexity index is 459. The van der Waals surface area contributed by atoms with Crippen molar-refractivity contribution in [3.63, 3.8) is 0 Å². The van der Waals surface area contributed by atoms with Gasteiger partial charge in [-0.2, -0.15) is 4.57 Å². The molecule has 0 saturated carbocycles. The molecule has 0 N–H and O–H groups in total. The number of benzene rings is 1. The van der Waals surface area contributed by atoms with Crippen LogP contribution in [0.3, 0.4) is 0 Å². The molecule has 0 radical (unpaired) electrons. The average Bonchev–Trinajstić information content (AvgIpc) is 2.20. The van der Waals surface area contributed by atoms with E-state index < -0.39 is 0 Å². The molecule has 3 nitrogen and oxygen atoms in total. The lowest BCUT2D eigenvalue weighted by molar-refractivity contribution is -0.645. The van der Waals surface area contributed by atoms with E-state index in [9.17, 15) is 0 Å². The standard InChI is InChI=1S/C11H13N2O.HI/c1-3-14-10-6-4-5-9-11(10)12-7-8-13(9)2;/h4-8H,3H2,1-2H3;1H/q+1;/p-1. The Labute approximate surface area is 106 Å². The van der Waals surface area contributed by atoms with E-state index in [1.54, 1.807) is 6.20 Å². The first-order chi connectivity index (χ1) is 6.83. The van der Waals surface area contributed by atoms with E-state index in [0.29, 0.717) is 6.61 Å². The van der Waals surface area contributed by atoms with Crippen LogP contribution >= 0.6 is 0 Å². The van der Waals surface area contributed by atoms with Crippen molar-refractivity contribution >= 4 is 11.0 Å². The second-order valence-corrected chi connectivity index (χ2v) is 3.10. The Balaban J connectivity index is 0.00000112. The Hall–Kier alpha value is -0.910. The quantitative estimate of drug-likeness (QED) is 0.496. The largest absolute Gasteiger partial charge is 1.00 e. The van der Waals surface area contributed by atoms with Gasteiger partial charge in [0.1, 0.15) is 7.05 Å². The number of fused-ring (bicyclic) bond motifs is 1. The molecule has 80 valence electrons. The molecule has 0 saturated heterocycles. The molecule has 0 unspecified atom stereocenters. The summed E-state index contributed by atoms with van der Waals surface area (Å²) < 4.78 is 7.53. The van der Waals surface area contributed by atoms with E-state index in [1.807, 2.05) is 42.9 Å². The van der Waals surface area contributed by atoms with Gasteiger partial charge in [-0.3, -0.25) is 0 Å². The maximum Gasteiger partial charge on any atom is 0.234 e. The summed E-state index contributed by atoms with van der Waals surface area (Å²) in [6, 6.07) is 5.96. The lowest BCUT2D eigenvalue weighted by atomic mass is 10.2. The van der Waals surface area contributed by atoms with Crippen LogP contribution in [-0.4, -0.2) is 11.6 Å². The lowest BCUT2D eigenvalue weighted by Gasteiger charge is -2.04. The summed E-state index contributed by atoms with van der Waals surface area (Å²) >= 11 is 0. The van der Waals surface area contributed by atoms with Gasteiger partial charge >= 0.3 is 0 Å². The van der Waals surface area contributed by atoms with Crippen molar-refractivity contribution in [1.82, 2.24) is 4.98 Å². The van der Waals surface area contributed by atoms with Crippen LogP contribution in [0.1, 0.15) is 6.92 Å². The summed E-state index contributed by atoms with van der Waals surface area (Å²) in [5.74, 6) is 0.848. The van der Waals surface area contributed by atoms with Gasteiger partial charge in [0.25, 0.3) is 0 Å². The summed E-state index contributed by atoms with van der Waals surface area (Å²) in [5, 5.41) is 0. The van der Waals surface area contributed by atoms with Crippen LogP contribution in [0.2, 0.25) is 0 Å². The maximum absolute atomic E-state index is 5.50. The Kier molecular flexibility index (Phi) is 4.26. The van der Waals surface area contributed by atoms with E-state index in [1.165, 1.54) is 0 Å². The topological polar surface area (TPSA) is 26.0 Å². The molecule has 0 spiro atoms. The summed E-state index contributed by atoms with van der Waals surface area (Å²) in [5.41, 5.74) is 2.00. The van der Waals surface area contributed by atoms with Crippen LogP contribution in [0.15, 0.2) is 30.6 Å². The summed E-state index contributed by atoms with van der Waals surface area (Å²) in [6.07, 6.45) is 3.71. The summed E-state index contributed by atoms with van der Waals surface area (Å²) in [7, 11) is 2.00. The van der Waals surface area contributed by atoms with Crippen molar-refractivity contribution in [1.29, 1.82) is 0 Å². The number of aromatic nitrogens is 2. The fourth-order valence-corrected chi connectivity index (χ4v) is 1.49. The normalized spacial score (nSPS) is 9.73. The van der Waals surface area contributed by atoms with Crippen molar-refractivity contribution in [3.8, 4) is 5.75 Å². The van der Waals surface area contributed by atoms with Gasteiger partial charge in [0.15, 0.2) is 17.5 Å². The predicted octanol–water partition coefficient (Wildman–Crippen LogP) is -1.54. The molecule has 0 aliphatic rings. The number of aryl methyl sites for hydroxylation is 1. The molecule has 4 heteroatoms. The van der Waals surface area contributed by atoms with Crippen LogP contribution < -0.4 is 33.3 Å². The van der Waals surface area contributed by atoms with Gasteiger partial charge < -0.3 is 28.7 Å². The van der Waals surface area contributed by atoms with E-state index in [0.717, 1.165) is 16.8 Å². The third-order valence-corrected chi connectivity index (χ3v) is 2.15. The highest BCUT2D eigenvalue weighted by Crippen LogP contribution is 2.20. The lowest BCUT2D eigenvalue weighted by Crippen LogP contribution is -3.00. The molecular formula is C11H13IN2O. The fraction of sp³-hybridized carbons (Fsp3) is 0.273. The van der Waals surface area contributed by atoms with Crippen LogP contribution in [0.5, 0.6) is 5.75 Å². The molecule has 0 bridgehead atoms. The molecule has 0 atom stereocenters. The number of ether oxygens (including phenoxy) is 1. The SMILES string of the molecule is CCOc1cccc2c1ncc[n+]2C.[I-]. The van der Waals surface area contributed by atoms with E-state index in [4.69, 9.17) is 4.74 Å². The zero-order valence-electron chi connectivity index (χ0n) is 8.77. The smallest absolute Gasteiger partial charge is 0.234 e. The molecule has 1 aromatic carbocycles. The minimum atomic E-state index is 0. The van der Waals surface area contributed by atoms with E-state index >= 15 is 0 Å². The van der Waals surface area contributed by atoms with Gasteiger partial charge in [0.05, 0.1) is 12.8 Å². The number of rotatable bonds is 2. The minimum Gasteiger partial charge on any atom is -1.00 e. The predicted molar refractivity (Wildman–Crippen MR) is 54.1 cm³/mol. The molecule has 2 rings (SSSR count). The van der Waals surface area contributed by atoms with Crippen molar-refractivity contribution in [2.75, 3.05) is 6.61 Å². The number of halogens is 1. The zero-order valence-corrected chi connectivity index (χ0v) is 10.9. The summed E-state index contributed by atoms with van der Waals surface area (Å²) in [4.78, 5) is 4.31. The fourth-order valence-electron chi connectivity index (χ4n) is 1.49. The monoisotopic (exact) mass is 316 g/mol. The second kappa shape index (κ2) is 5.25. The van der Waals surface area contributed by atoms with Crippen molar-refractivity contribution in [3.05, 3.63) is 30.6 Å². The highest BCUT2D eigenvalue weighted by atomic mass is 127. The number of nitrogens with zero attached hydrogens (tertiary/aromatic N) is 2. The molecule has 1 aromatic heterocycles. The van der Waals surface area contributed by atoms with Crippen LogP contribution in [0.4, 0.5) is 0 Å². The first kappa shape index (κ1) is 12.2. The van der Waals surface area contributed by atoms with Gasteiger partial charge in [0, 0.05) is 6.07 Å². The number of hydrogen-bond donors (Lipinski definition) is 0. The zero-order chi connectivity index (χ0) is 9.97. The highest BCUT2D eigenvalue weighted by molar-refractivity contribution is 5.77. The van der Waals surface area contributed by atoms with E-state index in [-0.39, 0.29) is 24.0 Å². The highest BCUT2D eigenvalue weighted by Gasteiger charge is 2.09. The van der Waals surface area contributed by atoms with Crippen LogP contribution in [-0.2, 0) is 7.05 Å². The van der Waals surface area contributed by atoms with Gasteiger partial charge in [-0.1, -0.05) is 6.07 Å². The summed E-state index contributed by atoms with van der Waals surface area (Å²) in [6.45, 7) is 2.64. The maximum atomic E-state index is 5.50. The van der Waals surface area contributed by atoms with Gasteiger partial charge in [-0.05, 0) is 13.0 Å². The molecule has 0 amide bonds.